The normalized spacial score (nSPS) is 39.2. The van der Waals surface area contributed by atoms with E-state index in [0.717, 1.165) is 19.4 Å². The molecule has 1 saturated heterocycles. The van der Waals surface area contributed by atoms with Crippen LogP contribution in [0.2, 0.25) is 0 Å². The zero-order valence-electron chi connectivity index (χ0n) is 21.6. The van der Waals surface area contributed by atoms with Crippen molar-refractivity contribution >= 4 is 18.0 Å². The van der Waals surface area contributed by atoms with Gasteiger partial charge >= 0.3 is 11.9 Å². The molecule has 1 aliphatic carbocycles. The first-order chi connectivity index (χ1) is 18.8. The fourth-order valence-corrected chi connectivity index (χ4v) is 5.24. The van der Waals surface area contributed by atoms with Gasteiger partial charge in [-0.3, -0.25) is 0 Å². The zero-order valence-corrected chi connectivity index (χ0v) is 21.6. The molecule has 1 aromatic rings. The maximum Gasteiger partial charge on any atom is 0.339 e. The topological polar surface area (TPSA) is 222 Å². The molecule has 14 nitrogen and oxygen atoms in total. The molecule has 4 rings (SSSR count). The number of rotatable bonds is 7. The van der Waals surface area contributed by atoms with Crippen LogP contribution in [0.15, 0.2) is 42.2 Å². The minimum absolute atomic E-state index is 0.0368. The quantitative estimate of drug-likeness (QED) is 0.140. The van der Waals surface area contributed by atoms with Gasteiger partial charge in [0.15, 0.2) is 6.29 Å². The van der Waals surface area contributed by atoms with E-state index in [2.05, 4.69) is 0 Å². The van der Waals surface area contributed by atoms with E-state index in [1.165, 1.54) is 25.1 Å². The first-order valence-corrected chi connectivity index (χ1v) is 12.4. The Morgan fingerprint density at radius 1 is 1.07 bits per heavy atom. The number of aliphatic hydroxyl groups excluding tert-OH is 4. The van der Waals surface area contributed by atoms with Crippen molar-refractivity contribution in [2.75, 3.05) is 13.7 Å². The Balaban J connectivity index is 1.60. The molecule has 7 N–H and O–H groups in total. The summed E-state index contributed by atoms with van der Waals surface area (Å²) in [5, 5.41) is 72.7. The second-order valence-corrected chi connectivity index (χ2v) is 10.0. The maximum absolute atomic E-state index is 12.6. The second-order valence-electron chi connectivity index (χ2n) is 10.0. The van der Waals surface area contributed by atoms with Crippen molar-refractivity contribution in [2.24, 2.45) is 5.92 Å². The van der Waals surface area contributed by atoms with E-state index < -0.39 is 90.8 Å². The van der Waals surface area contributed by atoms with Crippen molar-refractivity contribution in [3.05, 3.63) is 47.7 Å². The third-order valence-corrected chi connectivity index (χ3v) is 7.44. The lowest BCUT2D eigenvalue weighted by Crippen LogP contribution is -2.62. The molecule has 0 unspecified atom stereocenters. The number of phenolic OH excluding ortho intramolecular Hbond substituents is 1. The van der Waals surface area contributed by atoms with E-state index in [4.69, 9.17) is 23.7 Å². The average molecular weight is 569 g/mol. The third-order valence-electron chi connectivity index (χ3n) is 7.44. The highest BCUT2D eigenvalue weighted by molar-refractivity contribution is 5.91. The van der Waals surface area contributed by atoms with Crippen molar-refractivity contribution in [3.8, 4) is 5.75 Å². The number of benzene rings is 1. The monoisotopic (exact) mass is 568 g/mol. The predicted octanol–water partition coefficient (Wildman–Crippen LogP) is -1.95. The lowest BCUT2D eigenvalue weighted by molar-refractivity contribution is -0.352. The largest absolute Gasteiger partial charge is 0.508 e. The van der Waals surface area contributed by atoms with E-state index in [1.54, 1.807) is 12.1 Å². The first-order valence-electron chi connectivity index (χ1n) is 12.4. The number of ether oxygens (including phenoxy) is 5. The second kappa shape index (κ2) is 11.4. The average Bonchev–Trinajstić information content (AvgIpc) is 3.13. The minimum Gasteiger partial charge on any atom is -0.508 e. The highest BCUT2D eigenvalue weighted by Crippen LogP contribution is 2.53. The van der Waals surface area contributed by atoms with E-state index in [1.807, 2.05) is 0 Å². The van der Waals surface area contributed by atoms with Crippen LogP contribution in [0, 0.1) is 5.92 Å². The van der Waals surface area contributed by atoms with Gasteiger partial charge < -0.3 is 59.4 Å². The lowest BCUT2D eigenvalue weighted by atomic mass is 9.77. The smallest absolute Gasteiger partial charge is 0.339 e. The fourth-order valence-electron chi connectivity index (χ4n) is 5.24. The number of carbonyl (C=O) groups excluding carboxylic acids is 2. The lowest BCUT2D eigenvalue weighted by Gasteiger charge is -2.46. The zero-order chi connectivity index (χ0) is 29.4. The van der Waals surface area contributed by atoms with Gasteiger partial charge in [0.2, 0.25) is 6.29 Å². The Hall–Kier alpha value is -3.08. The fraction of sp³-hybridized carbons (Fsp3) is 0.538. The van der Waals surface area contributed by atoms with E-state index in [9.17, 15) is 45.3 Å². The number of hydrogen-bond donors (Lipinski definition) is 7. The van der Waals surface area contributed by atoms with Crippen LogP contribution in [0.4, 0.5) is 0 Å². The summed E-state index contributed by atoms with van der Waals surface area (Å²) < 4.78 is 26.7. The molecule has 10 atom stereocenters. The molecule has 0 bridgehead atoms. The van der Waals surface area contributed by atoms with Gasteiger partial charge in [0.05, 0.1) is 25.9 Å². The Morgan fingerprint density at radius 2 is 1.75 bits per heavy atom. The van der Waals surface area contributed by atoms with Crippen LogP contribution in [0.5, 0.6) is 5.75 Å². The molecular weight excluding hydrogens is 536 g/mol. The maximum atomic E-state index is 12.6. The molecule has 2 fully saturated rings. The molecule has 2 aliphatic heterocycles. The van der Waals surface area contributed by atoms with Gasteiger partial charge in [0.25, 0.3) is 0 Å². The summed E-state index contributed by atoms with van der Waals surface area (Å²) in [5.41, 5.74) is -4.16. The molecule has 1 aromatic carbocycles. The highest BCUT2D eigenvalue weighted by atomic mass is 16.8. The molecule has 0 amide bonds. The summed E-state index contributed by atoms with van der Waals surface area (Å²) in [6.07, 6.45) is -8.50. The van der Waals surface area contributed by atoms with Crippen LogP contribution >= 0.6 is 0 Å². The summed E-state index contributed by atoms with van der Waals surface area (Å²) >= 11 is 0. The van der Waals surface area contributed by atoms with Gasteiger partial charge in [-0.25, -0.2) is 9.59 Å². The van der Waals surface area contributed by atoms with E-state index >= 15 is 0 Å². The molecule has 0 aromatic heterocycles. The molecule has 14 heteroatoms. The number of aliphatic hydroxyl groups is 6. The summed E-state index contributed by atoms with van der Waals surface area (Å²) in [7, 11) is 1.07. The SMILES string of the molecule is COC(=O)C1=CO[C@H](O[C@@H]2O[C@H](CO)[C@@H](O)[C@H](O)[C@H]2O)[C@H]2[C@](C)(O)[C@H](OC(=O)C=Cc3ccc(O)cc3)C[C@@]12O. The summed E-state index contributed by atoms with van der Waals surface area (Å²) in [6, 6.07) is 5.94. The summed E-state index contributed by atoms with van der Waals surface area (Å²) in [5.74, 6) is -3.38. The van der Waals surface area contributed by atoms with Crippen LogP contribution < -0.4 is 0 Å². The highest BCUT2D eigenvalue weighted by Gasteiger charge is 2.69. The predicted molar refractivity (Wildman–Crippen MR) is 131 cm³/mol. The van der Waals surface area contributed by atoms with Crippen LogP contribution in [0.1, 0.15) is 18.9 Å². The van der Waals surface area contributed by atoms with Crippen LogP contribution in [0.25, 0.3) is 6.08 Å². The first kappa shape index (κ1) is 29.9. The van der Waals surface area contributed by atoms with Gasteiger partial charge in [-0.15, -0.1) is 0 Å². The van der Waals surface area contributed by atoms with Gasteiger partial charge in [-0.2, -0.15) is 0 Å². The van der Waals surface area contributed by atoms with Gasteiger partial charge in [-0.05, 0) is 30.7 Å². The van der Waals surface area contributed by atoms with Crippen LogP contribution in [-0.2, 0) is 33.3 Å². The van der Waals surface area contributed by atoms with Crippen LogP contribution in [-0.4, -0.2) is 116 Å². The Kier molecular flexibility index (Phi) is 8.54. The Bertz CT molecular complexity index is 1140. The summed E-state index contributed by atoms with van der Waals surface area (Å²) in [4.78, 5) is 25.1. The molecule has 3 aliphatic rings. The molecular formula is C26H32O14. The number of hydrogen-bond acceptors (Lipinski definition) is 14. The van der Waals surface area contributed by atoms with Crippen molar-refractivity contribution in [2.45, 2.75) is 67.6 Å². The molecule has 220 valence electrons. The molecule has 2 heterocycles. The standard InChI is InChI=1S/C26H32O14/c1-25(34)16(39-17(29)8-5-12-3-6-13(28)7-4-12)9-26(35)14(22(33)36-2)11-37-24(21(25)26)40-23-20(32)19(31)18(30)15(10-27)38-23/h3-8,11,15-16,18-21,23-24,27-28,30-32,34-35H,9-10H2,1-2H3/t15-,16-,18-,19+,20-,21+,23+,24-,25-,26-/m1/s1. The van der Waals surface area contributed by atoms with Crippen molar-refractivity contribution < 1.29 is 69.0 Å². The number of fused-ring (bicyclic) bond motifs is 1. The van der Waals surface area contributed by atoms with Crippen molar-refractivity contribution in [3.63, 3.8) is 0 Å². The van der Waals surface area contributed by atoms with E-state index in [0.29, 0.717) is 5.56 Å². The molecule has 0 radical (unpaired) electrons. The minimum atomic E-state index is -2.22. The van der Waals surface area contributed by atoms with Gasteiger partial charge in [0, 0.05) is 12.5 Å². The van der Waals surface area contributed by atoms with Crippen molar-refractivity contribution in [1.29, 1.82) is 0 Å². The van der Waals surface area contributed by atoms with Crippen LogP contribution in [0.3, 0.4) is 0 Å². The third kappa shape index (κ3) is 5.44. The molecule has 40 heavy (non-hydrogen) atoms. The van der Waals surface area contributed by atoms with Gasteiger partial charge in [0.1, 0.15) is 53.0 Å². The molecule has 0 spiro atoms. The number of aromatic hydroxyl groups is 1. The van der Waals surface area contributed by atoms with Gasteiger partial charge in [-0.1, -0.05) is 12.1 Å². The number of methoxy groups -OCH3 is 1. The number of carbonyl (C=O) groups is 2. The Morgan fingerprint density at radius 3 is 2.38 bits per heavy atom. The van der Waals surface area contributed by atoms with Crippen molar-refractivity contribution in [1.82, 2.24) is 0 Å². The molecule has 1 saturated carbocycles. The van der Waals surface area contributed by atoms with E-state index in [-0.39, 0.29) is 5.75 Å². The number of esters is 2. The number of phenols is 1. The summed E-state index contributed by atoms with van der Waals surface area (Å²) in [6.45, 7) is 0.494. The Labute approximate surface area is 228 Å².